The van der Waals surface area contributed by atoms with E-state index >= 15 is 0 Å². The molecule has 7 nitrogen and oxygen atoms in total. The summed E-state index contributed by atoms with van der Waals surface area (Å²) in [7, 11) is 1.57. The zero-order chi connectivity index (χ0) is 24.7. The number of carbonyl (C=O) groups is 1. The fraction of sp³-hybridized carbons (Fsp3) is 0.320. The lowest BCUT2D eigenvalue weighted by Gasteiger charge is -2.48. The molecule has 1 aliphatic carbocycles. The Hall–Kier alpha value is -3.10. The molecule has 0 spiro atoms. The molecule has 35 heavy (non-hydrogen) atoms. The van der Waals surface area contributed by atoms with Gasteiger partial charge in [0.2, 0.25) is 5.91 Å². The van der Waals surface area contributed by atoms with E-state index < -0.39 is 5.82 Å². The summed E-state index contributed by atoms with van der Waals surface area (Å²) in [5.74, 6) is 0.943. The van der Waals surface area contributed by atoms with Gasteiger partial charge < -0.3 is 19.7 Å². The molecule has 2 aromatic carbocycles. The molecule has 3 aromatic rings. The lowest BCUT2D eigenvalue weighted by molar-refractivity contribution is -0.137. The smallest absolute Gasteiger partial charge is 0.246 e. The zero-order valence-electron chi connectivity index (χ0n) is 18.9. The lowest BCUT2D eigenvalue weighted by atomic mass is 9.77. The highest BCUT2D eigenvalue weighted by atomic mass is 35.5. The fourth-order valence-electron chi connectivity index (χ4n) is 4.92. The van der Waals surface area contributed by atoms with Gasteiger partial charge in [0, 0.05) is 36.4 Å². The summed E-state index contributed by atoms with van der Waals surface area (Å²) < 4.78 is 26.7. The van der Waals surface area contributed by atoms with Crippen molar-refractivity contribution < 1.29 is 18.7 Å². The number of aromatic nitrogens is 2. The molecule has 1 N–H and O–H groups in total. The van der Waals surface area contributed by atoms with Gasteiger partial charge in [-0.15, -0.1) is 0 Å². The molecule has 3 heterocycles. The molecule has 0 radical (unpaired) electrons. The van der Waals surface area contributed by atoms with Crippen molar-refractivity contribution in [3.63, 3.8) is 0 Å². The van der Waals surface area contributed by atoms with Crippen LogP contribution in [-0.4, -0.2) is 46.6 Å². The Bertz CT molecular complexity index is 1320. The third-order valence-corrected chi connectivity index (χ3v) is 7.50. The van der Waals surface area contributed by atoms with Gasteiger partial charge in [0.1, 0.15) is 18.2 Å². The summed E-state index contributed by atoms with van der Waals surface area (Å²) in [6.45, 7) is 4.26. The minimum Gasteiger partial charge on any atom is -0.493 e. The number of rotatable bonds is 6. The Balaban J connectivity index is 1.46. The van der Waals surface area contributed by atoms with Gasteiger partial charge in [0.15, 0.2) is 17.3 Å². The number of carbonyl (C=O) groups excluding carboxylic acids is 1. The molecule has 6 rings (SSSR count). The highest BCUT2D eigenvalue weighted by Crippen LogP contribution is 2.41. The van der Waals surface area contributed by atoms with Crippen LogP contribution in [0.15, 0.2) is 43.2 Å². The molecule has 10 heteroatoms. The van der Waals surface area contributed by atoms with Gasteiger partial charge in [-0.1, -0.05) is 29.8 Å². The van der Waals surface area contributed by atoms with Crippen molar-refractivity contribution in [2.45, 2.75) is 31.4 Å². The normalized spacial score (nSPS) is 21.1. The predicted octanol–water partition coefficient (Wildman–Crippen LogP) is 5.77. The van der Waals surface area contributed by atoms with Crippen LogP contribution < -0.4 is 14.8 Å². The Morgan fingerprint density at radius 1 is 1.26 bits per heavy atom. The van der Waals surface area contributed by atoms with Crippen LogP contribution in [0.5, 0.6) is 11.5 Å². The van der Waals surface area contributed by atoms with Crippen molar-refractivity contribution in [1.82, 2.24) is 14.9 Å². The van der Waals surface area contributed by atoms with E-state index in [4.69, 9.17) is 32.7 Å². The molecule has 1 saturated carbocycles. The lowest BCUT2D eigenvalue weighted by Crippen LogP contribution is -2.57. The number of halogens is 3. The van der Waals surface area contributed by atoms with E-state index in [1.54, 1.807) is 19.2 Å². The standard InChI is InChI=1S/C25H23Cl2FN4O3/c1-3-22(33)32-11-13-4-5-14(32)8-19(13)35-21-9-15-18(10-20(21)34-2)29-12-30-25(15)31-17-7-6-16(26)23(27)24(17)28/h3,6-7,9-10,12-14,19H,1,4-5,8,11H2,2H3,(H,29,30,31)/t13?,14?,19-/m0/s1. The first-order valence-electron chi connectivity index (χ1n) is 11.2. The summed E-state index contributed by atoms with van der Waals surface area (Å²) in [5.41, 5.74) is 0.731. The van der Waals surface area contributed by atoms with Crippen LogP contribution in [0.25, 0.3) is 10.9 Å². The van der Waals surface area contributed by atoms with Crippen LogP contribution in [0.2, 0.25) is 10.0 Å². The van der Waals surface area contributed by atoms with E-state index in [1.165, 1.54) is 24.5 Å². The van der Waals surface area contributed by atoms with E-state index in [2.05, 4.69) is 21.9 Å². The third kappa shape index (κ3) is 4.36. The number of amides is 1. The van der Waals surface area contributed by atoms with Gasteiger partial charge in [-0.25, -0.2) is 14.4 Å². The molecule has 3 aliphatic rings. The number of anilines is 2. The number of benzene rings is 2. The Kier molecular flexibility index (Phi) is 6.42. The Morgan fingerprint density at radius 2 is 2.09 bits per heavy atom. The summed E-state index contributed by atoms with van der Waals surface area (Å²) in [4.78, 5) is 22.7. The first-order valence-corrected chi connectivity index (χ1v) is 12.0. The van der Waals surface area contributed by atoms with E-state index in [1.807, 2.05) is 4.90 Å². The number of piperidine rings is 2. The van der Waals surface area contributed by atoms with Crippen LogP contribution in [0, 0.1) is 11.7 Å². The molecule has 2 saturated heterocycles. The second-order valence-electron chi connectivity index (χ2n) is 8.67. The van der Waals surface area contributed by atoms with Gasteiger partial charge >= 0.3 is 0 Å². The monoisotopic (exact) mass is 516 g/mol. The van der Waals surface area contributed by atoms with Crippen LogP contribution in [0.4, 0.5) is 15.9 Å². The van der Waals surface area contributed by atoms with Crippen molar-refractivity contribution in [2.24, 2.45) is 5.92 Å². The maximum absolute atomic E-state index is 14.7. The van der Waals surface area contributed by atoms with Gasteiger partial charge in [0.25, 0.3) is 0 Å². The maximum Gasteiger partial charge on any atom is 0.246 e. The van der Waals surface area contributed by atoms with E-state index in [0.29, 0.717) is 34.8 Å². The molecule has 2 aliphatic heterocycles. The predicted molar refractivity (Wildman–Crippen MR) is 133 cm³/mol. The zero-order valence-corrected chi connectivity index (χ0v) is 20.4. The van der Waals surface area contributed by atoms with Crippen molar-refractivity contribution in [2.75, 3.05) is 19.0 Å². The van der Waals surface area contributed by atoms with Crippen LogP contribution >= 0.6 is 23.2 Å². The summed E-state index contributed by atoms with van der Waals surface area (Å²) in [6, 6.07) is 6.68. The van der Waals surface area contributed by atoms with Crippen LogP contribution in [0.1, 0.15) is 19.3 Å². The minimum atomic E-state index is -0.673. The third-order valence-electron chi connectivity index (χ3n) is 6.72. The highest BCUT2D eigenvalue weighted by molar-refractivity contribution is 6.42. The molecule has 2 bridgehead atoms. The highest BCUT2D eigenvalue weighted by Gasteiger charge is 2.43. The topological polar surface area (TPSA) is 76.6 Å². The maximum atomic E-state index is 14.7. The molecule has 1 amide bonds. The Morgan fingerprint density at radius 3 is 2.80 bits per heavy atom. The fourth-order valence-corrected chi connectivity index (χ4v) is 5.24. The van der Waals surface area contributed by atoms with E-state index in [0.717, 1.165) is 19.3 Å². The minimum absolute atomic E-state index is 0.0381. The van der Waals surface area contributed by atoms with Crippen LogP contribution in [-0.2, 0) is 4.79 Å². The average Bonchev–Trinajstić information content (AvgIpc) is 2.88. The number of nitrogens with zero attached hydrogens (tertiary/aromatic N) is 3. The summed E-state index contributed by atoms with van der Waals surface area (Å²) in [5, 5.41) is 3.56. The first kappa shape index (κ1) is 23.6. The number of methoxy groups -OCH3 is 1. The molecule has 3 fully saturated rings. The number of hydrogen-bond acceptors (Lipinski definition) is 6. The number of fused-ring (bicyclic) bond motifs is 4. The first-order chi connectivity index (χ1) is 16.9. The second kappa shape index (κ2) is 9.51. The van der Waals surface area contributed by atoms with Gasteiger partial charge in [-0.05, 0) is 37.1 Å². The van der Waals surface area contributed by atoms with E-state index in [-0.39, 0.29) is 39.7 Å². The SMILES string of the molecule is C=CC(=O)N1CC2CCC1C[C@@H]2Oc1cc2c(Nc3ccc(Cl)c(Cl)c3F)ncnc2cc1OC. The molecule has 3 atom stereocenters. The molecular formula is C25H23Cl2FN4O3. The number of nitrogens with one attached hydrogen (secondary N) is 1. The molecule has 1 aromatic heterocycles. The van der Waals surface area contributed by atoms with Crippen molar-refractivity contribution in [1.29, 1.82) is 0 Å². The quantitative estimate of drug-likeness (QED) is 0.331. The van der Waals surface area contributed by atoms with Gasteiger partial charge in [-0.2, -0.15) is 0 Å². The van der Waals surface area contributed by atoms with Gasteiger partial charge in [-0.3, -0.25) is 4.79 Å². The van der Waals surface area contributed by atoms with Crippen LogP contribution in [0.3, 0.4) is 0 Å². The molecule has 182 valence electrons. The Labute approximate surface area is 211 Å². The van der Waals surface area contributed by atoms with Crippen molar-refractivity contribution >= 4 is 51.5 Å². The van der Waals surface area contributed by atoms with Crippen molar-refractivity contribution in [3.05, 3.63) is 59.1 Å². The summed E-state index contributed by atoms with van der Waals surface area (Å²) in [6.07, 6.45) is 5.35. The van der Waals surface area contributed by atoms with Gasteiger partial charge in [0.05, 0.1) is 28.4 Å². The molecular weight excluding hydrogens is 494 g/mol. The van der Waals surface area contributed by atoms with E-state index in [9.17, 15) is 9.18 Å². The second-order valence-corrected chi connectivity index (χ2v) is 9.45. The number of ether oxygens (including phenoxy) is 2. The summed E-state index contributed by atoms with van der Waals surface area (Å²) >= 11 is 11.9. The molecule has 2 unspecified atom stereocenters. The average molecular weight is 517 g/mol. The number of hydrogen-bond donors (Lipinski definition) is 1. The van der Waals surface area contributed by atoms with Crippen molar-refractivity contribution in [3.8, 4) is 11.5 Å². The largest absolute Gasteiger partial charge is 0.493 e.